The number of amides is 2. The Hall–Kier alpha value is -3.69. The molecule has 250 valence electrons. The first kappa shape index (κ1) is 36.8. The van der Waals surface area contributed by atoms with Crippen molar-refractivity contribution in [2.45, 2.75) is 63.8 Å². The molecule has 46 heavy (non-hydrogen) atoms. The quantitative estimate of drug-likeness (QED) is 0.0615. The van der Waals surface area contributed by atoms with Crippen molar-refractivity contribution < 1.29 is 43.0 Å². The van der Waals surface area contributed by atoms with Gasteiger partial charge in [0, 0.05) is 13.0 Å². The van der Waals surface area contributed by atoms with Gasteiger partial charge in [0.25, 0.3) is 0 Å². The molecule has 3 aromatic rings. The molecule has 12 nitrogen and oxygen atoms in total. The van der Waals surface area contributed by atoms with E-state index in [9.17, 15) is 13.8 Å². The Labute approximate surface area is 272 Å². The highest BCUT2D eigenvalue weighted by Gasteiger charge is 2.28. The molecule has 0 spiro atoms. The molecule has 3 aromatic carbocycles. The monoisotopic (exact) mass is 657 g/mol. The molecule has 0 aliphatic heterocycles. The van der Waals surface area contributed by atoms with Crippen molar-refractivity contribution in [1.82, 2.24) is 15.4 Å². The van der Waals surface area contributed by atoms with Gasteiger partial charge < -0.3 is 15.4 Å². The zero-order valence-electron chi connectivity index (χ0n) is 25.8. The zero-order valence-corrected chi connectivity index (χ0v) is 26.7. The lowest BCUT2D eigenvalue weighted by atomic mass is 10.0. The van der Waals surface area contributed by atoms with Crippen LogP contribution in [0.15, 0.2) is 84.9 Å². The van der Waals surface area contributed by atoms with Gasteiger partial charge in [0.05, 0.1) is 6.61 Å². The van der Waals surface area contributed by atoms with Crippen LogP contribution in [0.25, 0.3) is 0 Å². The highest BCUT2D eigenvalue weighted by Crippen LogP contribution is 2.16. The molecule has 0 saturated heterocycles. The fraction of sp³-hybridized carbons (Fsp3) is 0.394. The van der Waals surface area contributed by atoms with E-state index in [1.807, 2.05) is 60.7 Å². The van der Waals surface area contributed by atoms with Crippen molar-refractivity contribution in [2.75, 3.05) is 19.8 Å². The maximum absolute atomic E-state index is 13.7. The topological polar surface area (TPSA) is 165 Å². The number of unbranched alkanes of at least 4 members (excludes halogenated alkanes) is 2. The van der Waals surface area contributed by atoms with Gasteiger partial charge in [-0.2, -0.15) is 0 Å². The first-order valence-electron chi connectivity index (χ1n) is 15.2. The standard InChI is InChI=1S/C33H43N3O9S/c1-2-3-10-19-34-32(37)30(20-26-15-17-28(18-16-26)45-29(23-42-39)24-43-40)35-33(38)31(21-25-11-6-4-7-12-25)36-46(41)44-22-27-13-8-5-9-14-27/h4-9,11-18,29-31,36,39-40H,2-3,10,19-24H2,1H3,(H,34,37)(H,35,38). The number of benzene rings is 3. The lowest BCUT2D eigenvalue weighted by Gasteiger charge is -2.23. The number of carbonyl (C=O) groups excluding carboxylic acids is 2. The van der Waals surface area contributed by atoms with Crippen LogP contribution in [0, 0.1) is 0 Å². The van der Waals surface area contributed by atoms with Crippen LogP contribution in [-0.4, -0.2) is 64.5 Å². The molecule has 3 atom stereocenters. The Morgan fingerprint density at radius 3 is 1.96 bits per heavy atom. The number of carbonyl (C=O) groups is 2. The molecule has 0 bridgehead atoms. The summed E-state index contributed by atoms with van der Waals surface area (Å²) in [7, 11) is 0. The summed E-state index contributed by atoms with van der Waals surface area (Å²) in [5.41, 5.74) is 2.40. The molecule has 0 aliphatic rings. The van der Waals surface area contributed by atoms with Gasteiger partial charge in [-0.15, -0.1) is 0 Å². The minimum Gasteiger partial charge on any atom is -0.485 e. The summed E-state index contributed by atoms with van der Waals surface area (Å²) >= 11 is -2.00. The highest BCUT2D eigenvalue weighted by atomic mass is 32.2. The van der Waals surface area contributed by atoms with Gasteiger partial charge in [-0.05, 0) is 41.7 Å². The van der Waals surface area contributed by atoms with Gasteiger partial charge in [-0.1, -0.05) is 92.6 Å². The van der Waals surface area contributed by atoms with E-state index >= 15 is 0 Å². The maximum Gasteiger partial charge on any atom is 0.242 e. The van der Waals surface area contributed by atoms with Gasteiger partial charge in [0.2, 0.25) is 23.1 Å². The Bertz CT molecular complexity index is 1310. The van der Waals surface area contributed by atoms with Crippen molar-refractivity contribution in [3.8, 4) is 5.75 Å². The Kier molecular flexibility index (Phi) is 16.9. The number of hydrogen-bond donors (Lipinski definition) is 5. The fourth-order valence-corrected chi connectivity index (χ4v) is 5.22. The second-order valence-corrected chi connectivity index (χ2v) is 11.5. The van der Waals surface area contributed by atoms with Crippen molar-refractivity contribution in [3.63, 3.8) is 0 Å². The molecule has 3 unspecified atom stereocenters. The number of hydrogen-bond acceptors (Lipinski definition) is 9. The van der Waals surface area contributed by atoms with E-state index in [4.69, 9.17) is 19.4 Å². The van der Waals surface area contributed by atoms with E-state index in [0.717, 1.165) is 36.0 Å². The molecule has 0 aliphatic carbocycles. The highest BCUT2D eigenvalue weighted by molar-refractivity contribution is 7.78. The predicted molar refractivity (Wildman–Crippen MR) is 173 cm³/mol. The number of rotatable bonds is 22. The van der Waals surface area contributed by atoms with Crippen molar-refractivity contribution in [3.05, 3.63) is 102 Å². The third kappa shape index (κ3) is 13.7. The van der Waals surface area contributed by atoms with Crippen LogP contribution < -0.4 is 20.1 Å². The molecule has 0 fully saturated rings. The molecule has 0 radical (unpaired) electrons. The molecule has 0 heterocycles. The zero-order chi connectivity index (χ0) is 33.0. The molecule has 5 N–H and O–H groups in total. The largest absolute Gasteiger partial charge is 0.485 e. The van der Waals surface area contributed by atoms with Crippen LogP contribution >= 0.6 is 0 Å². The van der Waals surface area contributed by atoms with E-state index in [-0.39, 0.29) is 38.6 Å². The SMILES string of the molecule is CCCCCNC(=O)C(Cc1ccc(OC(COO)COO)cc1)NC(=O)C(Cc1ccccc1)NS(=O)OCc1ccccc1. The minimum atomic E-state index is -2.00. The van der Waals surface area contributed by atoms with Crippen molar-refractivity contribution in [1.29, 1.82) is 0 Å². The molecular weight excluding hydrogens is 614 g/mol. The van der Waals surface area contributed by atoms with Gasteiger partial charge in [0.15, 0.2) is 6.10 Å². The summed E-state index contributed by atoms with van der Waals surface area (Å²) in [6, 6.07) is 23.4. The average molecular weight is 658 g/mol. The van der Waals surface area contributed by atoms with E-state index in [1.54, 1.807) is 24.3 Å². The summed E-state index contributed by atoms with van der Waals surface area (Å²) < 4.78 is 26.8. The maximum atomic E-state index is 13.7. The lowest BCUT2D eigenvalue weighted by Crippen LogP contribution is -2.54. The summed E-state index contributed by atoms with van der Waals surface area (Å²) in [6.45, 7) is 2.17. The van der Waals surface area contributed by atoms with Crippen LogP contribution in [0.5, 0.6) is 5.75 Å². The Balaban J connectivity index is 1.74. The minimum absolute atomic E-state index is 0.0867. The summed E-state index contributed by atoms with van der Waals surface area (Å²) in [5.74, 6) is -0.437. The van der Waals surface area contributed by atoms with Crippen LogP contribution in [0.2, 0.25) is 0 Å². The normalized spacial score (nSPS) is 13.1. The second-order valence-electron chi connectivity index (χ2n) is 10.6. The molecule has 3 rings (SSSR count). The van der Waals surface area contributed by atoms with Gasteiger partial charge in [-0.25, -0.2) is 18.7 Å². The number of nitrogens with one attached hydrogen (secondary N) is 3. The van der Waals surface area contributed by atoms with Crippen LogP contribution in [0.4, 0.5) is 0 Å². The van der Waals surface area contributed by atoms with E-state index in [0.29, 0.717) is 12.3 Å². The Morgan fingerprint density at radius 2 is 1.35 bits per heavy atom. The summed E-state index contributed by atoms with van der Waals surface area (Å²) in [4.78, 5) is 35.2. The molecule has 0 aromatic heterocycles. The fourth-order valence-electron chi connectivity index (χ4n) is 4.49. The van der Waals surface area contributed by atoms with Gasteiger partial charge >= 0.3 is 0 Å². The van der Waals surface area contributed by atoms with E-state index < -0.39 is 35.4 Å². The summed E-state index contributed by atoms with van der Waals surface area (Å²) in [5, 5.41) is 23.2. The van der Waals surface area contributed by atoms with E-state index in [2.05, 4.69) is 32.1 Å². The average Bonchev–Trinajstić information content (AvgIpc) is 3.07. The third-order valence-corrected chi connectivity index (χ3v) is 7.72. The lowest BCUT2D eigenvalue weighted by molar-refractivity contribution is -0.286. The van der Waals surface area contributed by atoms with Crippen LogP contribution in [-0.2, 0) is 54.3 Å². The molecule has 0 saturated carbocycles. The molecule has 13 heteroatoms. The third-order valence-electron chi connectivity index (χ3n) is 6.91. The number of ether oxygens (including phenoxy) is 1. The second kappa shape index (κ2) is 21.2. The predicted octanol–water partition coefficient (Wildman–Crippen LogP) is 3.74. The van der Waals surface area contributed by atoms with Crippen LogP contribution in [0.1, 0.15) is 42.9 Å². The van der Waals surface area contributed by atoms with Gasteiger partial charge in [-0.3, -0.25) is 24.3 Å². The van der Waals surface area contributed by atoms with Crippen molar-refractivity contribution >= 4 is 23.1 Å². The first-order chi connectivity index (χ1) is 22.4. The van der Waals surface area contributed by atoms with E-state index in [1.165, 1.54) is 0 Å². The first-order valence-corrected chi connectivity index (χ1v) is 16.2. The van der Waals surface area contributed by atoms with Gasteiger partial charge in [0.1, 0.15) is 31.0 Å². The Morgan fingerprint density at radius 1 is 0.761 bits per heavy atom. The van der Waals surface area contributed by atoms with Crippen molar-refractivity contribution in [2.24, 2.45) is 0 Å². The summed E-state index contributed by atoms with van der Waals surface area (Å²) in [6.07, 6.45) is 2.37. The molecule has 2 amide bonds. The molecular formula is C33H43N3O9S. The van der Waals surface area contributed by atoms with Crippen LogP contribution in [0.3, 0.4) is 0 Å². The smallest absolute Gasteiger partial charge is 0.242 e.